The molecular formula is C15H21NO3. The highest BCUT2D eigenvalue weighted by molar-refractivity contribution is 5.96. The number of carbonyl (C=O) groups excluding carboxylic acids is 2. The molecule has 0 aliphatic rings. The Balaban J connectivity index is 2.61. The van der Waals surface area contributed by atoms with E-state index in [0.29, 0.717) is 5.56 Å². The SMILES string of the molecule is Cc1ccc(C(=O)N[C@H](C)C(=O)OC(C)(C)C)cc1. The van der Waals surface area contributed by atoms with Gasteiger partial charge in [-0.15, -0.1) is 0 Å². The number of benzene rings is 1. The molecule has 0 aromatic heterocycles. The molecule has 1 aromatic rings. The minimum absolute atomic E-state index is 0.279. The van der Waals surface area contributed by atoms with Crippen molar-refractivity contribution in [2.45, 2.75) is 46.3 Å². The molecule has 0 heterocycles. The fraction of sp³-hybridized carbons (Fsp3) is 0.467. The Morgan fingerprint density at radius 3 is 2.16 bits per heavy atom. The predicted molar refractivity (Wildman–Crippen MR) is 74.0 cm³/mol. The van der Waals surface area contributed by atoms with Crippen molar-refractivity contribution in [2.75, 3.05) is 0 Å². The van der Waals surface area contributed by atoms with Crippen LogP contribution in [-0.4, -0.2) is 23.5 Å². The van der Waals surface area contributed by atoms with Gasteiger partial charge >= 0.3 is 5.97 Å². The molecule has 19 heavy (non-hydrogen) atoms. The Hall–Kier alpha value is -1.84. The van der Waals surface area contributed by atoms with Gasteiger partial charge in [-0.05, 0) is 46.8 Å². The monoisotopic (exact) mass is 263 g/mol. The van der Waals surface area contributed by atoms with Crippen LogP contribution < -0.4 is 5.32 Å². The van der Waals surface area contributed by atoms with Crippen molar-refractivity contribution in [3.05, 3.63) is 35.4 Å². The average molecular weight is 263 g/mol. The molecule has 4 nitrogen and oxygen atoms in total. The van der Waals surface area contributed by atoms with Gasteiger partial charge < -0.3 is 10.1 Å². The van der Waals surface area contributed by atoms with Gasteiger partial charge in [-0.1, -0.05) is 17.7 Å². The molecule has 0 saturated heterocycles. The van der Waals surface area contributed by atoms with Crippen LogP contribution >= 0.6 is 0 Å². The van der Waals surface area contributed by atoms with Gasteiger partial charge in [-0.25, -0.2) is 4.79 Å². The quantitative estimate of drug-likeness (QED) is 0.852. The minimum atomic E-state index is -0.673. The van der Waals surface area contributed by atoms with E-state index < -0.39 is 17.6 Å². The first kappa shape index (κ1) is 15.2. The van der Waals surface area contributed by atoms with E-state index in [-0.39, 0.29) is 5.91 Å². The van der Waals surface area contributed by atoms with Gasteiger partial charge in [0.2, 0.25) is 0 Å². The van der Waals surface area contributed by atoms with Crippen LogP contribution in [-0.2, 0) is 9.53 Å². The van der Waals surface area contributed by atoms with E-state index in [1.807, 2.05) is 19.1 Å². The van der Waals surface area contributed by atoms with Crippen molar-refractivity contribution in [3.63, 3.8) is 0 Å². The van der Waals surface area contributed by atoms with E-state index in [4.69, 9.17) is 4.74 Å². The van der Waals surface area contributed by atoms with Gasteiger partial charge in [-0.2, -0.15) is 0 Å². The number of aryl methyl sites for hydroxylation is 1. The van der Waals surface area contributed by atoms with E-state index in [1.54, 1.807) is 39.8 Å². The zero-order valence-electron chi connectivity index (χ0n) is 12.1. The van der Waals surface area contributed by atoms with Crippen molar-refractivity contribution in [3.8, 4) is 0 Å². The molecule has 4 heteroatoms. The molecule has 0 aliphatic heterocycles. The largest absolute Gasteiger partial charge is 0.458 e. The number of nitrogens with one attached hydrogen (secondary N) is 1. The Morgan fingerprint density at radius 2 is 1.68 bits per heavy atom. The molecule has 1 amide bonds. The first-order valence-electron chi connectivity index (χ1n) is 6.29. The Kier molecular flexibility index (Phi) is 4.70. The van der Waals surface area contributed by atoms with Crippen LogP contribution in [0, 0.1) is 6.92 Å². The third-order valence-electron chi connectivity index (χ3n) is 2.42. The summed E-state index contributed by atoms with van der Waals surface area (Å²) >= 11 is 0. The van der Waals surface area contributed by atoms with E-state index in [0.717, 1.165) is 5.56 Å². The molecule has 104 valence electrons. The summed E-state index contributed by atoms with van der Waals surface area (Å²) in [7, 11) is 0. The molecule has 1 aromatic carbocycles. The minimum Gasteiger partial charge on any atom is -0.458 e. The fourth-order valence-electron chi connectivity index (χ4n) is 1.43. The summed E-state index contributed by atoms with van der Waals surface area (Å²) in [6.07, 6.45) is 0. The maximum atomic E-state index is 11.9. The summed E-state index contributed by atoms with van der Waals surface area (Å²) in [5.74, 6) is -0.716. The summed E-state index contributed by atoms with van der Waals surface area (Å²) < 4.78 is 5.20. The van der Waals surface area contributed by atoms with Crippen molar-refractivity contribution in [1.82, 2.24) is 5.32 Å². The lowest BCUT2D eigenvalue weighted by atomic mass is 10.1. The summed E-state index contributed by atoms with van der Waals surface area (Å²) in [5.41, 5.74) is 1.05. The van der Waals surface area contributed by atoms with Crippen molar-refractivity contribution in [1.29, 1.82) is 0 Å². The second-order valence-corrected chi connectivity index (χ2v) is 5.59. The van der Waals surface area contributed by atoms with Gasteiger partial charge in [-0.3, -0.25) is 4.79 Å². The number of carbonyl (C=O) groups is 2. The molecule has 0 fully saturated rings. The molecule has 0 aliphatic carbocycles. The molecule has 1 atom stereocenters. The highest BCUT2D eigenvalue weighted by atomic mass is 16.6. The Morgan fingerprint density at radius 1 is 1.16 bits per heavy atom. The van der Waals surface area contributed by atoms with Crippen molar-refractivity contribution in [2.24, 2.45) is 0 Å². The van der Waals surface area contributed by atoms with Gasteiger partial charge in [0.15, 0.2) is 0 Å². The molecule has 0 bridgehead atoms. The highest BCUT2D eigenvalue weighted by Crippen LogP contribution is 2.09. The molecular weight excluding hydrogens is 242 g/mol. The second-order valence-electron chi connectivity index (χ2n) is 5.59. The number of esters is 1. The highest BCUT2D eigenvalue weighted by Gasteiger charge is 2.23. The lowest BCUT2D eigenvalue weighted by molar-refractivity contribution is -0.156. The molecule has 0 radical (unpaired) electrons. The number of rotatable bonds is 3. The molecule has 0 saturated carbocycles. The average Bonchev–Trinajstić information content (AvgIpc) is 2.27. The number of ether oxygens (including phenoxy) is 1. The third kappa shape index (κ3) is 5.12. The number of hydrogen-bond acceptors (Lipinski definition) is 3. The number of amides is 1. The molecule has 1 rings (SSSR count). The van der Waals surface area contributed by atoms with Crippen LogP contribution in [0.1, 0.15) is 43.6 Å². The first-order chi connectivity index (χ1) is 8.69. The third-order valence-corrected chi connectivity index (χ3v) is 2.42. The van der Waals surface area contributed by atoms with E-state index in [9.17, 15) is 9.59 Å². The fourth-order valence-corrected chi connectivity index (χ4v) is 1.43. The standard InChI is InChI=1S/C15H21NO3/c1-10-6-8-12(9-7-10)13(17)16-11(2)14(18)19-15(3,4)5/h6-9,11H,1-5H3,(H,16,17)/t11-/m1/s1. The van der Waals surface area contributed by atoms with Gasteiger partial charge in [0.1, 0.15) is 11.6 Å². The zero-order valence-corrected chi connectivity index (χ0v) is 12.1. The molecule has 0 unspecified atom stereocenters. The normalized spacial score (nSPS) is 12.7. The summed E-state index contributed by atoms with van der Waals surface area (Å²) in [4.78, 5) is 23.7. The molecule has 0 spiro atoms. The van der Waals surface area contributed by atoms with Crippen LogP contribution in [0.5, 0.6) is 0 Å². The zero-order chi connectivity index (χ0) is 14.6. The van der Waals surface area contributed by atoms with Crippen LogP contribution in [0.15, 0.2) is 24.3 Å². The van der Waals surface area contributed by atoms with Crippen LogP contribution in [0.4, 0.5) is 0 Å². The van der Waals surface area contributed by atoms with Crippen molar-refractivity contribution >= 4 is 11.9 Å². The maximum Gasteiger partial charge on any atom is 0.328 e. The lowest BCUT2D eigenvalue weighted by Gasteiger charge is -2.22. The van der Waals surface area contributed by atoms with Gasteiger partial charge in [0, 0.05) is 5.56 Å². The summed E-state index contributed by atoms with van der Waals surface area (Å²) in [6, 6.07) is 6.49. The van der Waals surface area contributed by atoms with Crippen molar-refractivity contribution < 1.29 is 14.3 Å². The van der Waals surface area contributed by atoms with Crippen LogP contribution in [0.3, 0.4) is 0 Å². The maximum absolute atomic E-state index is 11.9. The first-order valence-corrected chi connectivity index (χ1v) is 6.29. The Bertz CT molecular complexity index is 457. The van der Waals surface area contributed by atoms with E-state index >= 15 is 0 Å². The van der Waals surface area contributed by atoms with E-state index in [2.05, 4.69) is 5.32 Å². The summed E-state index contributed by atoms with van der Waals surface area (Å²) in [5, 5.41) is 2.62. The smallest absolute Gasteiger partial charge is 0.328 e. The topological polar surface area (TPSA) is 55.4 Å². The second kappa shape index (κ2) is 5.87. The van der Waals surface area contributed by atoms with E-state index in [1.165, 1.54) is 0 Å². The molecule has 1 N–H and O–H groups in total. The van der Waals surface area contributed by atoms with Crippen LogP contribution in [0.25, 0.3) is 0 Å². The number of hydrogen-bond donors (Lipinski definition) is 1. The lowest BCUT2D eigenvalue weighted by Crippen LogP contribution is -2.42. The van der Waals surface area contributed by atoms with Crippen LogP contribution in [0.2, 0.25) is 0 Å². The predicted octanol–water partition coefficient (Wildman–Crippen LogP) is 2.46. The van der Waals surface area contributed by atoms with Gasteiger partial charge in [0.25, 0.3) is 5.91 Å². The Labute approximate surface area is 114 Å². The summed E-state index contributed by atoms with van der Waals surface area (Å²) in [6.45, 7) is 8.93. The van der Waals surface area contributed by atoms with Gasteiger partial charge in [0.05, 0.1) is 0 Å².